The predicted molar refractivity (Wildman–Crippen MR) is 116 cm³/mol. The van der Waals surface area contributed by atoms with Crippen LogP contribution in [-0.2, 0) is 4.79 Å². The Kier molecular flexibility index (Phi) is 6.25. The number of hydrogen-bond donors (Lipinski definition) is 0. The highest BCUT2D eigenvalue weighted by atomic mass is 16.5. The van der Waals surface area contributed by atoms with Gasteiger partial charge in [-0.15, -0.1) is 0 Å². The highest BCUT2D eigenvalue weighted by Gasteiger charge is 2.20. The Labute approximate surface area is 175 Å². The van der Waals surface area contributed by atoms with Crippen molar-refractivity contribution in [2.24, 2.45) is 0 Å². The molecule has 4 rings (SSSR count). The van der Waals surface area contributed by atoms with E-state index in [-0.39, 0.29) is 12.5 Å². The molecule has 0 N–H and O–H groups in total. The van der Waals surface area contributed by atoms with Crippen LogP contribution in [-0.4, -0.2) is 55.0 Å². The lowest BCUT2D eigenvalue weighted by atomic mass is 10.2. The van der Waals surface area contributed by atoms with Gasteiger partial charge in [-0.3, -0.25) is 9.69 Å². The summed E-state index contributed by atoms with van der Waals surface area (Å²) in [6, 6.07) is 18.5. The van der Waals surface area contributed by atoms with Crippen molar-refractivity contribution in [2.75, 3.05) is 39.3 Å². The van der Waals surface area contributed by atoms with Crippen LogP contribution in [0.1, 0.15) is 5.56 Å². The number of fused-ring (bicyclic) bond motifs is 1. The van der Waals surface area contributed by atoms with E-state index in [2.05, 4.69) is 29.2 Å². The first kappa shape index (κ1) is 19.9. The van der Waals surface area contributed by atoms with Gasteiger partial charge in [-0.1, -0.05) is 42.5 Å². The van der Waals surface area contributed by atoms with Crippen molar-refractivity contribution >= 4 is 23.0 Å². The average Bonchev–Trinajstić information content (AvgIpc) is 2.78. The summed E-state index contributed by atoms with van der Waals surface area (Å²) in [5, 5.41) is 0.811. The molecule has 6 nitrogen and oxygen atoms in total. The lowest BCUT2D eigenvalue weighted by Gasteiger charge is -2.34. The second-order valence-corrected chi connectivity index (χ2v) is 7.24. The number of ether oxygens (including phenoxy) is 1. The van der Waals surface area contributed by atoms with Crippen molar-refractivity contribution in [1.29, 1.82) is 0 Å². The Morgan fingerprint density at radius 3 is 2.57 bits per heavy atom. The maximum atomic E-state index is 12.5. The lowest BCUT2D eigenvalue weighted by molar-refractivity contribution is -0.135. The van der Waals surface area contributed by atoms with Gasteiger partial charge in [0.15, 0.2) is 6.61 Å². The number of benzene rings is 2. The zero-order valence-corrected chi connectivity index (χ0v) is 16.7. The monoisotopic (exact) mass is 404 g/mol. The molecule has 1 amide bonds. The van der Waals surface area contributed by atoms with Gasteiger partial charge in [0.05, 0.1) is 0 Å². The fourth-order valence-electron chi connectivity index (χ4n) is 3.45. The lowest BCUT2D eigenvalue weighted by Crippen LogP contribution is -2.49. The highest BCUT2D eigenvalue weighted by Crippen LogP contribution is 2.19. The number of rotatable bonds is 6. The molecule has 6 heteroatoms. The van der Waals surface area contributed by atoms with Gasteiger partial charge in [-0.05, 0) is 23.8 Å². The Morgan fingerprint density at radius 2 is 1.77 bits per heavy atom. The minimum Gasteiger partial charge on any atom is -0.484 e. The van der Waals surface area contributed by atoms with Gasteiger partial charge in [-0.25, -0.2) is 4.79 Å². The van der Waals surface area contributed by atoms with Crippen LogP contribution in [0.4, 0.5) is 0 Å². The fraction of sp³-hybridized carbons (Fsp3) is 0.250. The largest absolute Gasteiger partial charge is 0.484 e. The van der Waals surface area contributed by atoms with Crippen LogP contribution in [0.5, 0.6) is 5.75 Å². The smallest absolute Gasteiger partial charge is 0.336 e. The second-order valence-electron chi connectivity index (χ2n) is 7.24. The summed E-state index contributed by atoms with van der Waals surface area (Å²) in [7, 11) is 0. The van der Waals surface area contributed by atoms with Crippen molar-refractivity contribution in [3.63, 3.8) is 0 Å². The minimum atomic E-state index is -0.410. The van der Waals surface area contributed by atoms with E-state index in [0.29, 0.717) is 24.4 Å². The van der Waals surface area contributed by atoms with E-state index in [1.54, 1.807) is 24.3 Å². The molecule has 1 saturated heterocycles. The normalized spacial score (nSPS) is 15.0. The summed E-state index contributed by atoms with van der Waals surface area (Å²) in [4.78, 5) is 28.0. The molecule has 0 atom stereocenters. The van der Waals surface area contributed by atoms with Gasteiger partial charge in [0.1, 0.15) is 11.3 Å². The first-order valence-electron chi connectivity index (χ1n) is 10.1. The Balaban J connectivity index is 1.23. The number of carbonyl (C=O) groups is 1. The van der Waals surface area contributed by atoms with Gasteiger partial charge >= 0.3 is 5.63 Å². The van der Waals surface area contributed by atoms with Gasteiger partial charge in [-0.2, -0.15) is 0 Å². The number of amides is 1. The third-order valence-corrected chi connectivity index (χ3v) is 5.16. The van der Waals surface area contributed by atoms with E-state index in [0.717, 1.165) is 25.0 Å². The van der Waals surface area contributed by atoms with Gasteiger partial charge in [0.2, 0.25) is 0 Å². The molecule has 0 saturated carbocycles. The van der Waals surface area contributed by atoms with Crippen molar-refractivity contribution < 1.29 is 13.9 Å². The number of hydrogen-bond acceptors (Lipinski definition) is 5. The van der Waals surface area contributed by atoms with E-state index in [1.165, 1.54) is 11.6 Å². The molecule has 0 radical (unpaired) electrons. The maximum Gasteiger partial charge on any atom is 0.336 e. The van der Waals surface area contributed by atoms with Crippen LogP contribution in [0.25, 0.3) is 17.0 Å². The first-order valence-corrected chi connectivity index (χ1v) is 10.1. The third kappa shape index (κ3) is 5.15. The van der Waals surface area contributed by atoms with Gasteiger partial charge in [0, 0.05) is 50.2 Å². The third-order valence-electron chi connectivity index (χ3n) is 5.16. The number of piperazine rings is 1. The quantitative estimate of drug-likeness (QED) is 0.591. The molecule has 3 aromatic rings. The molecule has 0 unspecified atom stereocenters. The van der Waals surface area contributed by atoms with Crippen LogP contribution in [0, 0.1) is 0 Å². The van der Waals surface area contributed by atoms with E-state index < -0.39 is 5.63 Å². The van der Waals surface area contributed by atoms with E-state index in [1.807, 2.05) is 23.1 Å². The average molecular weight is 404 g/mol. The molecular formula is C24H24N2O4. The van der Waals surface area contributed by atoms with Crippen molar-refractivity contribution in [3.8, 4) is 5.75 Å². The van der Waals surface area contributed by atoms with Gasteiger partial charge in [0.25, 0.3) is 5.91 Å². The van der Waals surface area contributed by atoms with Crippen LogP contribution in [0.3, 0.4) is 0 Å². The van der Waals surface area contributed by atoms with Crippen molar-refractivity contribution in [3.05, 3.63) is 82.7 Å². The summed E-state index contributed by atoms with van der Waals surface area (Å²) in [6.45, 7) is 3.89. The molecule has 1 aliphatic heterocycles. The molecular weight excluding hydrogens is 380 g/mol. The molecule has 0 bridgehead atoms. The van der Waals surface area contributed by atoms with Crippen LogP contribution in [0.2, 0.25) is 0 Å². The van der Waals surface area contributed by atoms with Crippen molar-refractivity contribution in [1.82, 2.24) is 9.80 Å². The van der Waals surface area contributed by atoms with Gasteiger partial charge < -0.3 is 14.1 Å². The second kappa shape index (κ2) is 9.41. The Hall–Kier alpha value is -3.38. The Bertz CT molecular complexity index is 1080. The fourth-order valence-corrected chi connectivity index (χ4v) is 3.45. The minimum absolute atomic E-state index is 0.0313. The summed E-state index contributed by atoms with van der Waals surface area (Å²) < 4.78 is 10.8. The maximum absolute atomic E-state index is 12.5. The summed E-state index contributed by atoms with van der Waals surface area (Å²) >= 11 is 0. The summed E-state index contributed by atoms with van der Waals surface area (Å²) in [6.07, 6.45) is 4.28. The molecule has 1 aliphatic rings. The molecule has 2 aromatic carbocycles. The molecule has 2 heterocycles. The molecule has 1 fully saturated rings. The summed E-state index contributed by atoms with van der Waals surface area (Å²) in [5.41, 5.74) is 1.23. The van der Waals surface area contributed by atoms with Crippen LogP contribution < -0.4 is 10.4 Å². The SMILES string of the molecule is O=C(COc1ccc2ccc(=O)oc2c1)N1CCN(CC=Cc2ccccc2)CC1. The zero-order valence-electron chi connectivity index (χ0n) is 16.7. The molecule has 0 spiro atoms. The van der Waals surface area contributed by atoms with Crippen LogP contribution in [0.15, 0.2) is 76.0 Å². The topological polar surface area (TPSA) is 63.0 Å². The highest BCUT2D eigenvalue weighted by molar-refractivity contribution is 5.79. The van der Waals surface area contributed by atoms with Crippen molar-refractivity contribution in [2.45, 2.75) is 0 Å². The van der Waals surface area contributed by atoms with E-state index in [4.69, 9.17) is 9.15 Å². The van der Waals surface area contributed by atoms with E-state index >= 15 is 0 Å². The van der Waals surface area contributed by atoms with E-state index in [9.17, 15) is 9.59 Å². The first-order chi connectivity index (χ1) is 14.7. The molecule has 0 aliphatic carbocycles. The Morgan fingerprint density at radius 1 is 1.00 bits per heavy atom. The summed E-state index contributed by atoms with van der Waals surface area (Å²) in [5.74, 6) is 0.471. The molecule has 1 aromatic heterocycles. The molecule has 154 valence electrons. The predicted octanol–water partition coefficient (Wildman–Crippen LogP) is 3.03. The number of nitrogens with zero attached hydrogens (tertiary/aromatic N) is 2. The number of carbonyl (C=O) groups excluding carboxylic acids is 1. The molecule has 30 heavy (non-hydrogen) atoms. The van der Waals surface area contributed by atoms with Crippen LogP contribution >= 0.6 is 0 Å². The standard InChI is InChI=1S/C24H24N2O4/c27-23(18-29-21-10-8-20-9-11-24(28)30-22(20)17-21)26-15-13-25(14-16-26)12-4-7-19-5-2-1-3-6-19/h1-11,17H,12-16,18H2. The zero-order chi connectivity index (χ0) is 20.8.